The van der Waals surface area contributed by atoms with Gasteiger partial charge in [-0.2, -0.15) is 0 Å². The van der Waals surface area contributed by atoms with Crippen molar-refractivity contribution in [3.63, 3.8) is 0 Å². The summed E-state index contributed by atoms with van der Waals surface area (Å²) in [7, 11) is 2.12. The monoisotopic (exact) mass is 282 g/mol. The van der Waals surface area contributed by atoms with Gasteiger partial charge in [0.1, 0.15) is 0 Å². The second kappa shape index (κ2) is 7.07. The number of carboxylic acids is 1. The number of carboxylic acid groups (broad SMARTS) is 1. The van der Waals surface area contributed by atoms with Gasteiger partial charge >= 0.3 is 5.97 Å². The molecule has 0 bridgehead atoms. The molecule has 5 nitrogen and oxygen atoms in total. The molecule has 1 saturated carbocycles. The molecule has 5 heteroatoms. The minimum absolute atomic E-state index is 0.0594. The van der Waals surface area contributed by atoms with Crippen LogP contribution in [0.4, 0.5) is 0 Å². The molecule has 20 heavy (non-hydrogen) atoms. The quantitative estimate of drug-likeness (QED) is 0.816. The molecule has 1 heterocycles. The fourth-order valence-corrected chi connectivity index (χ4v) is 3.48. The van der Waals surface area contributed by atoms with Crippen LogP contribution in [0.5, 0.6) is 0 Å². The Kier molecular flexibility index (Phi) is 5.40. The zero-order valence-electron chi connectivity index (χ0n) is 12.3. The molecule has 1 aliphatic carbocycles. The van der Waals surface area contributed by atoms with Crippen molar-refractivity contribution in [1.82, 2.24) is 10.2 Å². The van der Waals surface area contributed by atoms with Gasteiger partial charge < -0.3 is 15.3 Å². The van der Waals surface area contributed by atoms with Crippen molar-refractivity contribution in [2.24, 2.45) is 17.8 Å². The lowest BCUT2D eigenvalue weighted by Gasteiger charge is -2.31. The lowest BCUT2D eigenvalue weighted by Crippen LogP contribution is -2.42. The van der Waals surface area contributed by atoms with E-state index >= 15 is 0 Å². The van der Waals surface area contributed by atoms with Gasteiger partial charge in [0.2, 0.25) is 5.91 Å². The van der Waals surface area contributed by atoms with Crippen molar-refractivity contribution in [3.05, 3.63) is 0 Å². The van der Waals surface area contributed by atoms with Crippen LogP contribution >= 0.6 is 0 Å². The summed E-state index contributed by atoms with van der Waals surface area (Å²) in [6.45, 7) is 2.92. The van der Waals surface area contributed by atoms with Gasteiger partial charge in [-0.15, -0.1) is 0 Å². The highest BCUT2D eigenvalue weighted by molar-refractivity contribution is 5.80. The summed E-state index contributed by atoms with van der Waals surface area (Å²) in [6, 6.07) is 0. The highest BCUT2D eigenvalue weighted by Gasteiger charge is 2.31. The van der Waals surface area contributed by atoms with Gasteiger partial charge in [0, 0.05) is 19.0 Å². The van der Waals surface area contributed by atoms with Gasteiger partial charge in [0.25, 0.3) is 0 Å². The average molecular weight is 282 g/mol. The molecule has 2 rings (SSSR count). The molecule has 0 aromatic carbocycles. The van der Waals surface area contributed by atoms with Crippen LogP contribution in [0.25, 0.3) is 0 Å². The molecule has 1 saturated heterocycles. The average Bonchev–Trinajstić information content (AvgIpc) is 2.45. The fraction of sp³-hybridized carbons (Fsp3) is 0.867. The molecule has 0 aromatic rings. The van der Waals surface area contributed by atoms with E-state index in [4.69, 9.17) is 5.11 Å². The maximum absolute atomic E-state index is 12.2. The van der Waals surface area contributed by atoms with Crippen molar-refractivity contribution in [1.29, 1.82) is 0 Å². The Morgan fingerprint density at radius 1 is 1.20 bits per heavy atom. The third-order valence-electron chi connectivity index (χ3n) is 4.68. The summed E-state index contributed by atoms with van der Waals surface area (Å²) in [4.78, 5) is 25.5. The van der Waals surface area contributed by atoms with E-state index < -0.39 is 5.97 Å². The number of rotatable bonds is 4. The second-order valence-electron chi connectivity index (χ2n) is 6.41. The molecule has 114 valence electrons. The third-order valence-corrected chi connectivity index (χ3v) is 4.68. The summed E-state index contributed by atoms with van der Waals surface area (Å²) in [5.74, 6) is -0.594. The lowest BCUT2D eigenvalue weighted by molar-refractivity contribution is -0.144. The van der Waals surface area contributed by atoms with E-state index in [9.17, 15) is 9.59 Å². The van der Waals surface area contributed by atoms with Gasteiger partial charge in [-0.25, -0.2) is 0 Å². The van der Waals surface area contributed by atoms with Gasteiger partial charge in [0.15, 0.2) is 0 Å². The van der Waals surface area contributed by atoms with Crippen LogP contribution in [0.15, 0.2) is 0 Å². The van der Waals surface area contributed by atoms with Gasteiger partial charge in [0.05, 0.1) is 5.92 Å². The number of nitrogens with zero attached hydrogens (tertiary/aromatic N) is 1. The van der Waals surface area contributed by atoms with Crippen molar-refractivity contribution in [2.75, 3.05) is 26.7 Å². The summed E-state index contributed by atoms with van der Waals surface area (Å²) < 4.78 is 0. The first-order valence-electron chi connectivity index (χ1n) is 7.75. The van der Waals surface area contributed by atoms with Crippen LogP contribution in [-0.2, 0) is 9.59 Å². The van der Waals surface area contributed by atoms with E-state index in [1.165, 1.54) is 12.8 Å². The van der Waals surface area contributed by atoms with Crippen molar-refractivity contribution >= 4 is 11.9 Å². The van der Waals surface area contributed by atoms with Crippen molar-refractivity contribution < 1.29 is 14.7 Å². The molecule has 0 spiro atoms. The predicted octanol–water partition coefficient (Wildman–Crippen LogP) is 1.34. The third kappa shape index (κ3) is 4.20. The number of carbonyl (C=O) groups is 2. The van der Waals surface area contributed by atoms with Crippen molar-refractivity contribution in [2.45, 2.75) is 38.5 Å². The van der Waals surface area contributed by atoms with Crippen LogP contribution in [-0.4, -0.2) is 48.6 Å². The van der Waals surface area contributed by atoms with E-state index in [0.717, 1.165) is 32.5 Å². The summed E-state index contributed by atoms with van der Waals surface area (Å²) >= 11 is 0. The summed E-state index contributed by atoms with van der Waals surface area (Å²) in [5.41, 5.74) is 0. The number of carbonyl (C=O) groups excluding carboxylic acids is 1. The molecular weight excluding hydrogens is 256 g/mol. The number of amides is 1. The summed E-state index contributed by atoms with van der Waals surface area (Å²) in [6.07, 6.45) is 5.27. The zero-order chi connectivity index (χ0) is 14.5. The Morgan fingerprint density at radius 3 is 2.65 bits per heavy atom. The second-order valence-corrected chi connectivity index (χ2v) is 6.41. The molecule has 2 aliphatic rings. The first-order chi connectivity index (χ1) is 9.56. The number of aliphatic carboxylic acids is 1. The van der Waals surface area contributed by atoms with Crippen molar-refractivity contribution in [3.8, 4) is 0 Å². The Morgan fingerprint density at radius 2 is 1.95 bits per heavy atom. The van der Waals surface area contributed by atoms with Crippen LogP contribution in [0, 0.1) is 17.8 Å². The number of likely N-dealkylation sites (tertiary alicyclic amines) is 1. The largest absolute Gasteiger partial charge is 0.481 e. The van der Waals surface area contributed by atoms with Gasteiger partial charge in [-0.05, 0) is 51.6 Å². The Balaban J connectivity index is 1.75. The lowest BCUT2D eigenvalue weighted by atomic mass is 9.81. The Hall–Kier alpha value is -1.10. The Labute approximate surface area is 120 Å². The molecule has 0 radical (unpaired) electrons. The molecule has 3 unspecified atom stereocenters. The molecule has 2 fully saturated rings. The number of hydrogen-bond acceptors (Lipinski definition) is 3. The predicted molar refractivity (Wildman–Crippen MR) is 76.3 cm³/mol. The van der Waals surface area contributed by atoms with Crippen LogP contribution < -0.4 is 5.32 Å². The minimum Gasteiger partial charge on any atom is -0.481 e. The molecule has 1 amide bonds. The van der Waals surface area contributed by atoms with E-state index in [-0.39, 0.29) is 17.7 Å². The number of piperidine rings is 1. The standard InChI is InChI=1S/C15H26N2O3/c1-17-7-3-4-11(10-17)9-16-14(18)12-5-2-6-13(8-12)15(19)20/h11-13H,2-10H2,1H3,(H,16,18)(H,19,20). The first kappa shape index (κ1) is 15.3. The van der Waals surface area contributed by atoms with E-state index in [1.807, 2.05) is 0 Å². The SMILES string of the molecule is CN1CCCC(CNC(=O)C2CCCC(C(=O)O)C2)C1. The fourth-order valence-electron chi connectivity index (χ4n) is 3.48. The molecule has 2 N–H and O–H groups in total. The van der Waals surface area contributed by atoms with Crippen LogP contribution in [0.1, 0.15) is 38.5 Å². The minimum atomic E-state index is -0.753. The Bertz CT molecular complexity index is 359. The van der Waals surface area contributed by atoms with Gasteiger partial charge in [-0.1, -0.05) is 6.42 Å². The maximum Gasteiger partial charge on any atom is 0.306 e. The summed E-state index contributed by atoms with van der Waals surface area (Å²) in [5, 5.41) is 12.1. The smallest absolute Gasteiger partial charge is 0.306 e. The van der Waals surface area contributed by atoms with E-state index in [0.29, 0.717) is 18.8 Å². The normalized spacial score (nSPS) is 31.8. The number of nitrogens with one attached hydrogen (secondary N) is 1. The molecular formula is C15H26N2O3. The van der Waals surface area contributed by atoms with Crippen LogP contribution in [0.3, 0.4) is 0 Å². The maximum atomic E-state index is 12.2. The van der Waals surface area contributed by atoms with E-state index in [1.54, 1.807) is 0 Å². The van der Waals surface area contributed by atoms with E-state index in [2.05, 4.69) is 17.3 Å². The molecule has 1 aliphatic heterocycles. The highest BCUT2D eigenvalue weighted by atomic mass is 16.4. The van der Waals surface area contributed by atoms with Crippen LogP contribution in [0.2, 0.25) is 0 Å². The molecule has 0 aromatic heterocycles. The highest BCUT2D eigenvalue weighted by Crippen LogP contribution is 2.29. The zero-order valence-corrected chi connectivity index (χ0v) is 12.3. The molecule has 3 atom stereocenters. The number of hydrogen-bond donors (Lipinski definition) is 2. The topological polar surface area (TPSA) is 69.6 Å². The first-order valence-corrected chi connectivity index (χ1v) is 7.75. The van der Waals surface area contributed by atoms with Gasteiger partial charge in [-0.3, -0.25) is 9.59 Å².